The first-order valence-electron chi connectivity index (χ1n) is 5.30. The molecule has 0 bridgehead atoms. The number of thiocarbonyl (C=S) groups is 1. The molecule has 0 radical (unpaired) electrons. The van der Waals surface area contributed by atoms with E-state index in [1.165, 1.54) is 16.9 Å². The molecule has 0 spiro atoms. The molecule has 94 valence electrons. The molecule has 6 heteroatoms. The molecule has 0 aliphatic rings. The van der Waals surface area contributed by atoms with Crippen molar-refractivity contribution in [1.82, 2.24) is 4.67 Å². The highest BCUT2D eigenvalue weighted by Crippen LogP contribution is 2.63. The summed E-state index contributed by atoms with van der Waals surface area (Å²) < 4.78 is 19.6. The predicted octanol–water partition coefficient (Wildman–Crippen LogP) is 4.11. The fourth-order valence-electron chi connectivity index (χ4n) is 0.963. The van der Waals surface area contributed by atoms with Gasteiger partial charge in [-0.15, -0.1) is 6.58 Å². The maximum absolute atomic E-state index is 12.6. The van der Waals surface area contributed by atoms with Gasteiger partial charge in [0.1, 0.15) is 0 Å². The molecule has 0 heterocycles. The molecular weight excluding hydrogens is 261 g/mol. The highest BCUT2D eigenvalue weighted by Gasteiger charge is 2.31. The Hall–Kier alpha value is 0.170. The molecule has 16 heavy (non-hydrogen) atoms. The summed E-state index contributed by atoms with van der Waals surface area (Å²) in [4.78, 5) is 0. The van der Waals surface area contributed by atoms with Crippen molar-refractivity contribution >= 4 is 35.8 Å². The monoisotopic (exact) mass is 281 g/mol. The van der Waals surface area contributed by atoms with E-state index in [0.29, 0.717) is 13.2 Å². The fourth-order valence-corrected chi connectivity index (χ4v) is 6.31. The third kappa shape index (κ3) is 5.00. The van der Waals surface area contributed by atoms with E-state index in [9.17, 15) is 4.57 Å². The Bertz CT molecular complexity index is 274. The molecule has 3 nitrogen and oxygen atoms in total. The van der Waals surface area contributed by atoms with Gasteiger partial charge in [-0.2, -0.15) is 0 Å². The Morgan fingerprint density at radius 2 is 2.25 bits per heavy atom. The lowest BCUT2D eigenvalue weighted by Crippen LogP contribution is -2.19. The zero-order chi connectivity index (χ0) is 12.6. The van der Waals surface area contributed by atoms with E-state index in [-0.39, 0.29) is 5.25 Å². The Morgan fingerprint density at radius 1 is 1.62 bits per heavy atom. The van der Waals surface area contributed by atoms with Gasteiger partial charge in [0.2, 0.25) is 0 Å². The van der Waals surface area contributed by atoms with Gasteiger partial charge in [0.15, 0.2) is 0 Å². The first kappa shape index (κ1) is 16.2. The summed E-state index contributed by atoms with van der Waals surface area (Å²) in [7, 11) is 0. The van der Waals surface area contributed by atoms with E-state index >= 15 is 0 Å². The van der Waals surface area contributed by atoms with E-state index < -0.39 is 6.72 Å². The van der Waals surface area contributed by atoms with Crippen LogP contribution in [0.15, 0.2) is 12.7 Å². The number of nitrogens with zero attached hydrogens (tertiary/aromatic N) is 1. The van der Waals surface area contributed by atoms with Gasteiger partial charge < -0.3 is 4.52 Å². The maximum atomic E-state index is 12.6. The number of rotatable bonds is 9. The lowest BCUT2D eigenvalue weighted by atomic mass is 10.4. The van der Waals surface area contributed by atoms with Crippen molar-refractivity contribution < 1.29 is 9.09 Å². The second-order valence-electron chi connectivity index (χ2n) is 3.23. The van der Waals surface area contributed by atoms with Crippen LogP contribution in [0.2, 0.25) is 0 Å². The van der Waals surface area contributed by atoms with E-state index in [1.807, 2.05) is 13.8 Å². The van der Waals surface area contributed by atoms with Gasteiger partial charge in [-0.05, 0) is 24.7 Å². The second-order valence-corrected chi connectivity index (χ2v) is 8.18. The molecule has 0 aromatic heterocycles. The molecule has 0 aromatic rings. The van der Waals surface area contributed by atoms with Crippen LogP contribution in [0.3, 0.4) is 0 Å². The largest absolute Gasteiger partial charge is 0.354 e. The van der Waals surface area contributed by atoms with Crippen LogP contribution in [-0.4, -0.2) is 28.6 Å². The van der Waals surface area contributed by atoms with Crippen LogP contribution in [0.5, 0.6) is 0 Å². The lowest BCUT2D eigenvalue weighted by molar-refractivity contribution is 0.321. The van der Waals surface area contributed by atoms with Crippen LogP contribution < -0.4 is 0 Å². The van der Waals surface area contributed by atoms with Crippen molar-refractivity contribution in [3.63, 3.8) is 0 Å². The molecule has 0 aliphatic carbocycles. The van der Waals surface area contributed by atoms with E-state index in [4.69, 9.17) is 16.7 Å². The molecule has 0 rings (SSSR count). The topological polar surface area (TPSA) is 29.5 Å². The van der Waals surface area contributed by atoms with Gasteiger partial charge in [-0.25, -0.2) is 0 Å². The fraction of sp³-hybridized carbons (Fsp3) is 0.700. The van der Waals surface area contributed by atoms with Crippen LogP contribution in [0.25, 0.3) is 0 Å². The minimum atomic E-state index is -2.90. The first-order chi connectivity index (χ1) is 7.53. The minimum Gasteiger partial charge on any atom is -0.306 e. The van der Waals surface area contributed by atoms with Crippen LogP contribution in [0.4, 0.5) is 0 Å². The van der Waals surface area contributed by atoms with Gasteiger partial charge >= 0.3 is 6.72 Å². The average Bonchev–Trinajstić information content (AvgIpc) is 2.25. The molecule has 0 aromatic carbocycles. The normalized spacial score (nSPS) is 16.2. The molecule has 2 atom stereocenters. The molecule has 0 N–H and O–H groups in total. The Morgan fingerprint density at radius 3 is 2.62 bits per heavy atom. The van der Waals surface area contributed by atoms with Gasteiger partial charge in [0.25, 0.3) is 0 Å². The second kappa shape index (κ2) is 8.29. The van der Waals surface area contributed by atoms with Gasteiger partial charge in [0, 0.05) is 11.8 Å². The van der Waals surface area contributed by atoms with Crippen molar-refractivity contribution in [2.24, 2.45) is 0 Å². The molecular formula is C10H20NO2PS2. The molecule has 2 unspecified atom stereocenters. The Labute approximate surface area is 108 Å². The summed E-state index contributed by atoms with van der Waals surface area (Å²) >= 11 is 6.24. The summed E-state index contributed by atoms with van der Waals surface area (Å²) in [5.41, 5.74) is 1.40. The molecule has 0 amide bonds. The zero-order valence-corrected chi connectivity index (χ0v) is 12.6. The Balaban J connectivity index is 4.82. The maximum Gasteiger partial charge on any atom is 0.354 e. The van der Waals surface area contributed by atoms with Crippen LogP contribution in [0.1, 0.15) is 27.2 Å². The SMILES string of the molecule is C=CCN(C=S)P(=O)(OCC)SC(C)CC. The van der Waals surface area contributed by atoms with Crippen LogP contribution in [0, 0.1) is 0 Å². The van der Waals surface area contributed by atoms with Gasteiger partial charge in [-0.1, -0.05) is 32.1 Å². The summed E-state index contributed by atoms with van der Waals surface area (Å²) in [6.07, 6.45) is 2.62. The van der Waals surface area contributed by atoms with Crippen molar-refractivity contribution in [1.29, 1.82) is 0 Å². The van der Waals surface area contributed by atoms with Gasteiger partial charge in [-0.3, -0.25) is 9.24 Å². The van der Waals surface area contributed by atoms with E-state index in [0.717, 1.165) is 6.42 Å². The molecule has 0 aliphatic heterocycles. The van der Waals surface area contributed by atoms with E-state index in [1.54, 1.807) is 10.7 Å². The standard InChI is InChI=1S/C10H20NO2PS2/c1-5-8-11(9-15)14(12,13-7-3)16-10(4)6-2/h5,9-10H,1,6-8H2,2-4H3. The summed E-state index contributed by atoms with van der Waals surface area (Å²) in [5, 5.41) is 0.277. The van der Waals surface area contributed by atoms with E-state index in [2.05, 4.69) is 13.5 Å². The zero-order valence-electron chi connectivity index (χ0n) is 10.1. The molecule has 0 saturated carbocycles. The van der Waals surface area contributed by atoms with Gasteiger partial charge in [0.05, 0.1) is 12.1 Å². The average molecular weight is 281 g/mol. The number of hydrogen-bond acceptors (Lipinski definition) is 4. The van der Waals surface area contributed by atoms with Crippen molar-refractivity contribution in [3.05, 3.63) is 12.7 Å². The summed E-state index contributed by atoms with van der Waals surface area (Å²) in [6, 6.07) is 0. The van der Waals surface area contributed by atoms with Crippen LogP contribution >= 0.6 is 30.3 Å². The number of hydrogen-bond donors (Lipinski definition) is 0. The quantitative estimate of drug-likeness (QED) is 0.360. The third-order valence-corrected chi connectivity index (χ3v) is 7.62. The van der Waals surface area contributed by atoms with Crippen molar-refractivity contribution in [2.45, 2.75) is 32.4 Å². The smallest absolute Gasteiger partial charge is 0.306 e. The molecule has 0 saturated heterocycles. The molecule has 0 fully saturated rings. The third-order valence-electron chi connectivity index (χ3n) is 1.93. The first-order valence-corrected chi connectivity index (χ1v) is 8.83. The Kier molecular flexibility index (Phi) is 8.38. The summed E-state index contributed by atoms with van der Waals surface area (Å²) in [6.45, 7) is 7.52. The van der Waals surface area contributed by atoms with Crippen molar-refractivity contribution in [2.75, 3.05) is 13.2 Å². The lowest BCUT2D eigenvalue weighted by Gasteiger charge is -2.28. The predicted molar refractivity (Wildman–Crippen MR) is 77.1 cm³/mol. The summed E-state index contributed by atoms with van der Waals surface area (Å²) in [5.74, 6) is 0. The van der Waals surface area contributed by atoms with Crippen molar-refractivity contribution in [3.8, 4) is 0 Å². The van der Waals surface area contributed by atoms with Crippen LogP contribution in [-0.2, 0) is 9.09 Å². The highest BCUT2D eigenvalue weighted by atomic mass is 32.7. The minimum absolute atomic E-state index is 0.277. The highest BCUT2D eigenvalue weighted by molar-refractivity contribution is 8.56.